The molecule has 0 spiro atoms. The fourth-order valence-corrected chi connectivity index (χ4v) is 8.88. The van der Waals surface area contributed by atoms with E-state index in [4.69, 9.17) is 19.9 Å². The van der Waals surface area contributed by atoms with Crippen molar-refractivity contribution in [3.8, 4) is 101 Å². The summed E-state index contributed by atoms with van der Waals surface area (Å²) in [6.07, 6.45) is 3.98. The van der Waals surface area contributed by atoms with Crippen LogP contribution in [-0.2, 0) is 0 Å². The van der Waals surface area contributed by atoms with E-state index in [0.29, 0.717) is 11.6 Å². The Balaban J connectivity index is 0.841. The van der Waals surface area contributed by atoms with Crippen LogP contribution in [0.5, 0.6) is 0 Å². The Labute approximate surface area is 382 Å². The third kappa shape index (κ3) is 7.42. The minimum Gasteiger partial charge on any atom is -0.361 e. The van der Waals surface area contributed by atoms with Crippen LogP contribution in [0.25, 0.3) is 123 Å². The van der Waals surface area contributed by atoms with Gasteiger partial charge in [0.15, 0.2) is 11.6 Å². The van der Waals surface area contributed by atoms with Crippen molar-refractivity contribution < 1.29 is 0 Å². The maximum absolute atomic E-state index is 5.14. The van der Waals surface area contributed by atoms with Crippen LogP contribution in [0.4, 0.5) is 0 Å². The molecule has 0 unspecified atom stereocenters. The molecule has 0 bridgehead atoms. The normalized spacial score (nSPS) is 11.3. The summed E-state index contributed by atoms with van der Waals surface area (Å²) in [5.41, 5.74) is 18.6. The highest BCUT2D eigenvalue weighted by Crippen LogP contribution is 2.35. The summed E-state index contributed by atoms with van der Waals surface area (Å²) in [6.45, 7) is 0. The molecule has 310 valence electrons. The molecule has 66 heavy (non-hydrogen) atoms. The number of nitrogens with one attached hydrogen (secondary N) is 2. The lowest BCUT2D eigenvalue weighted by Crippen LogP contribution is -1.96. The summed E-state index contributed by atoms with van der Waals surface area (Å²) in [7, 11) is 0. The molecule has 0 fully saturated rings. The van der Waals surface area contributed by atoms with E-state index < -0.39 is 0 Å². The Morgan fingerprint density at radius 1 is 0.242 bits per heavy atom. The summed E-state index contributed by atoms with van der Waals surface area (Å²) in [5.74, 6) is 1.35. The molecule has 0 aliphatic carbocycles. The van der Waals surface area contributed by atoms with Crippen molar-refractivity contribution in [2.45, 2.75) is 0 Å². The van der Waals surface area contributed by atoms with Crippen LogP contribution in [-0.4, -0.2) is 29.9 Å². The zero-order valence-corrected chi connectivity index (χ0v) is 35.7. The van der Waals surface area contributed by atoms with Crippen LogP contribution < -0.4 is 0 Å². The Morgan fingerprint density at radius 3 is 0.939 bits per heavy atom. The number of fused-ring (bicyclic) bond motifs is 2. The first-order valence-electron chi connectivity index (χ1n) is 22.1. The SMILES string of the molecule is c1ccc(-c2cc(-c3ccc(-c4cccc5cc[nH]c45)cc3)nc(-c3ccc(-c4ccc(-c5nc(-c6ccccc6)cc(-c6ccc(-c7cccc8cc[nH]c78)cc6)n5)cc4)cc3)n2)cc1. The number of aromatic nitrogens is 6. The number of para-hydroxylation sites is 2. The molecule has 2 N–H and O–H groups in total. The molecule has 0 atom stereocenters. The average molecular weight is 845 g/mol. The van der Waals surface area contributed by atoms with Gasteiger partial charge < -0.3 is 9.97 Å². The van der Waals surface area contributed by atoms with Crippen LogP contribution in [0.1, 0.15) is 0 Å². The fraction of sp³-hybridized carbons (Fsp3) is 0. The zero-order chi connectivity index (χ0) is 43.8. The minimum atomic E-state index is 0.673. The molecule has 12 aromatic rings. The molecule has 12 rings (SSSR count). The van der Waals surface area contributed by atoms with Crippen LogP contribution in [0.3, 0.4) is 0 Å². The summed E-state index contributed by atoms with van der Waals surface area (Å²) >= 11 is 0. The number of H-pyrrole nitrogens is 2. The van der Waals surface area contributed by atoms with E-state index >= 15 is 0 Å². The lowest BCUT2D eigenvalue weighted by Gasteiger charge is -2.12. The Morgan fingerprint density at radius 2 is 0.561 bits per heavy atom. The van der Waals surface area contributed by atoms with Crippen molar-refractivity contribution in [3.63, 3.8) is 0 Å². The highest BCUT2D eigenvalue weighted by molar-refractivity contribution is 5.95. The fourth-order valence-electron chi connectivity index (χ4n) is 8.88. The van der Waals surface area contributed by atoms with Gasteiger partial charge in [-0.05, 0) is 57.3 Å². The first kappa shape index (κ1) is 38.7. The third-order valence-corrected chi connectivity index (χ3v) is 12.4. The number of hydrogen-bond acceptors (Lipinski definition) is 4. The van der Waals surface area contributed by atoms with Gasteiger partial charge in [-0.25, -0.2) is 19.9 Å². The summed E-state index contributed by atoms with van der Waals surface area (Å²) in [5, 5.41) is 2.39. The van der Waals surface area contributed by atoms with Crippen LogP contribution in [0.2, 0.25) is 0 Å². The number of rotatable bonds is 9. The summed E-state index contributed by atoms with van der Waals surface area (Å²) in [6, 6.07) is 76.1. The second-order valence-corrected chi connectivity index (χ2v) is 16.5. The molecule has 4 aromatic heterocycles. The van der Waals surface area contributed by atoms with Crippen molar-refractivity contribution in [3.05, 3.63) is 231 Å². The van der Waals surface area contributed by atoms with Gasteiger partial charge in [-0.15, -0.1) is 0 Å². The average Bonchev–Trinajstić information content (AvgIpc) is 4.10. The quantitative estimate of drug-likeness (QED) is 0.152. The summed E-state index contributed by atoms with van der Waals surface area (Å²) in [4.78, 5) is 27.3. The van der Waals surface area contributed by atoms with Crippen LogP contribution in [0, 0.1) is 0 Å². The lowest BCUT2D eigenvalue weighted by molar-refractivity contribution is 1.18. The second-order valence-electron chi connectivity index (χ2n) is 16.5. The molecule has 0 saturated carbocycles. The highest BCUT2D eigenvalue weighted by atomic mass is 14.9. The lowest BCUT2D eigenvalue weighted by atomic mass is 9.99. The molecule has 0 saturated heterocycles. The van der Waals surface area contributed by atoms with E-state index in [1.54, 1.807) is 0 Å². The van der Waals surface area contributed by atoms with Crippen molar-refractivity contribution in [1.82, 2.24) is 29.9 Å². The van der Waals surface area contributed by atoms with Crippen LogP contribution >= 0.6 is 0 Å². The van der Waals surface area contributed by atoms with Gasteiger partial charge in [0.05, 0.1) is 33.8 Å². The Kier molecular flexibility index (Phi) is 9.73. The maximum atomic E-state index is 5.14. The van der Waals surface area contributed by atoms with Gasteiger partial charge in [-0.1, -0.05) is 194 Å². The van der Waals surface area contributed by atoms with E-state index in [0.717, 1.165) is 89.4 Å². The minimum absolute atomic E-state index is 0.673. The van der Waals surface area contributed by atoms with E-state index in [9.17, 15) is 0 Å². The molecule has 6 heteroatoms. The first-order chi connectivity index (χ1) is 32.7. The first-order valence-corrected chi connectivity index (χ1v) is 22.1. The van der Waals surface area contributed by atoms with Gasteiger partial charge in [-0.2, -0.15) is 0 Å². The largest absolute Gasteiger partial charge is 0.361 e. The number of benzene rings is 8. The van der Waals surface area contributed by atoms with Crippen LogP contribution in [0.15, 0.2) is 231 Å². The molecular formula is C60H40N6. The van der Waals surface area contributed by atoms with Gasteiger partial charge in [0, 0.05) is 56.9 Å². The van der Waals surface area contributed by atoms with E-state index in [-0.39, 0.29) is 0 Å². The van der Waals surface area contributed by atoms with E-state index in [1.807, 2.05) is 48.8 Å². The van der Waals surface area contributed by atoms with E-state index in [2.05, 4.69) is 192 Å². The Hall–Kier alpha value is -9.00. The smallest absolute Gasteiger partial charge is 0.160 e. The molecule has 4 heterocycles. The van der Waals surface area contributed by atoms with Crippen molar-refractivity contribution in [1.29, 1.82) is 0 Å². The zero-order valence-electron chi connectivity index (χ0n) is 35.7. The molecule has 6 nitrogen and oxygen atoms in total. The summed E-state index contributed by atoms with van der Waals surface area (Å²) < 4.78 is 0. The van der Waals surface area contributed by atoms with Crippen molar-refractivity contribution >= 4 is 21.8 Å². The second kappa shape index (κ2) is 16.6. The predicted octanol–water partition coefficient (Wildman–Crippen LogP) is 15.2. The predicted molar refractivity (Wildman–Crippen MR) is 270 cm³/mol. The number of nitrogens with zero attached hydrogens (tertiary/aromatic N) is 4. The maximum Gasteiger partial charge on any atom is 0.160 e. The molecule has 8 aromatic carbocycles. The Bertz CT molecular complexity index is 3400. The van der Waals surface area contributed by atoms with Gasteiger partial charge >= 0.3 is 0 Å². The van der Waals surface area contributed by atoms with Gasteiger partial charge in [-0.3, -0.25) is 0 Å². The monoisotopic (exact) mass is 844 g/mol. The van der Waals surface area contributed by atoms with Gasteiger partial charge in [0.25, 0.3) is 0 Å². The van der Waals surface area contributed by atoms with Gasteiger partial charge in [0.2, 0.25) is 0 Å². The standard InChI is InChI=1S/C60H40N6/c1-3-9-43(10-4-1)53-37-55(45-25-21-41(22-26-45)51-15-7-13-47-33-35-61-57(47)51)65-59(63-53)49-29-17-39(18-30-49)40-19-31-50(32-20-40)60-64-54(44-11-5-2-6-12-44)38-56(66-60)46-27-23-42(24-28-46)52-16-8-14-48-34-36-62-58(48)52/h1-38,61-62H. The molecular weight excluding hydrogens is 805 g/mol. The number of aromatic amines is 2. The van der Waals surface area contributed by atoms with E-state index in [1.165, 1.54) is 21.9 Å². The molecule has 0 radical (unpaired) electrons. The topological polar surface area (TPSA) is 83.1 Å². The molecule has 0 amide bonds. The molecule has 0 aliphatic heterocycles. The third-order valence-electron chi connectivity index (χ3n) is 12.4. The van der Waals surface area contributed by atoms with Crippen molar-refractivity contribution in [2.75, 3.05) is 0 Å². The highest BCUT2D eigenvalue weighted by Gasteiger charge is 2.15. The van der Waals surface area contributed by atoms with Crippen molar-refractivity contribution in [2.24, 2.45) is 0 Å². The van der Waals surface area contributed by atoms with Gasteiger partial charge in [0.1, 0.15) is 0 Å². The number of hydrogen-bond donors (Lipinski definition) is 2. The molecule has 0 aliphatic rings.